The van der Waals surface area contributed by atoms with Crippen LogP contribution in [0.4, 0.5) is 10.9 Å². The number of hydrogen-bond acceptors (Lipinski definition) is 9. The van der Waals surface area contributed by atoms with Gasteiger partial charge in [-0.25, -0.2) is 4.98 Å². The first-order chi connectivity index (χ1) is 10.1. The molecule has 0 aliphatic carbocycles. The Labute approximate surface area is 127 Å². The number of rotatable bonds is 4. The minimum atomic E-state index is -0.301. The van der Waals surface area contributed by atoms with Crippen LogP contribution in [0.2, 0.25) is 0 Å². The highest BCUT2D eigenvalue weighted by atomic mass is 32.2. The molecule has 0 fully saturated rings. The third kappa shape index (κ3) is 3.66. The molecule has 3 N–H and O–H groups in total. The zero-order chi connectivity index (χ0) is 15.2. The van der Waals surface area contributed by atoms with Gasteiger partial charge in [-0.05, 0) is 6.07 Å². The highest BCUT2D eigenvalue weighted by Crippen LogP contribution is 2.24. The Hall–Kier alpha value is -2.69. The average Bonchev–Trinajstić information content (AvgIpc) is 2.98. The van der Waals surface area contributed by atoms with Crippen LogP contribution in [0.25, 0.3) is 0 Å². The molecule has 0 aliphatic heterocycles. The van der Waals surface area contributed by atoms with Crippen LogP contribution in [0.5, 0.6) is 0 Å². The average molecular weight is 317 g/mol. The van der Waals surface area contributed by atoms with Gasteiger partial charge < -0.3 is 5.73 Å². The van der Waals surface area contributed by atoms with Crippen molar-refractivity contribution in [2.45, 2.75) is 5.03 Å². The SMILES string of the molecule is N#Cc1cc(C#N)c(SCC(=O)Nc2nncs2)nc1N. The number of aromatic nitrogens is 3. The van der Waals surface area contributed by atoms with E-state index in [1.807, 2.05) is 12.1 Å². The summed E-state index contributed by atoms with van der Waals surface area (Å²) < 4.78 is 0. The largest absolute Gasteiger partial charge is 0.383 e. The lowest BCUT2D eigenvalue weighted by atomic mass is 10.2. The van der Waals surface area contributed by atoms with E-state index >= 15 is 0 Å². The lowest BCUT2D eigenvalue weighted by molar-refractivity contribution is -0.113. The number of pyridine rings is 1. The number of anilines is 2. The second-order valence-electron chi connectivity index (χ2n) is 3.58. The van der Waals surface area contributed by atoms with E-state index in [-0.39, 0.29) is 28.6 Å². The van der Waals surface area contributed by atoms with Gasteiger partial charge in [-0.1, -0.05) is 23.1 Å². The lowest BCUT2D eigenvalue weighted by Crippen LogP contribution is -2.14. The van der Waals surface area contributed by atoms with Gasteiger partial charge in [-0.15, -0.1) is 10.2 Å². The number of hydrogen-bond donors (Lipinski definition) is 2. The Bertz CT molecular complexity index is 745. The lowest BCUT2D eigenvalue weighted by Gasteiger charge is -2.05. The van der Waals surface area contributed by atoms with Crippen molar-refractivity contribution in [3.63, 3.8) is 0 Å². The van der Waals surface area contributed by atoms with Gasteiger partial charge in [-0.2, -0.15) is 10.5 Å². The quantitative estimate of drug-likeness (QED) is 0.795. The second kappa shape index (κ2) is 6.65. The Kier molecular flexibility index (Phi) is 4.66. The van der Waals surface area contributed by atoms with Gasteiger partial charge in [0.15, 0.2) is 0 Å². The normalized spacial score (nSPS) is 9.62. The molecule has 0 bridgehead atoms. The van der Waals surface area contributed by atoms with E-state index in [1.165, 1.54) is 22.9 Å². The number of carbonyl (C=O) groups is 1. The molecular weight excluding hydrogens is 310 g/mol. The van der Waals surface area contributed by atoms with Crippen LogP contribution in [0.3, 0.4) is 0 Å². The number of carbonyl (C=O) groups excluding carboxylic acids is 1. The minimum absolute atomic E-state index is 0.0310. The molecule has 2 aromatic heterocycles. The number of nitrogens with one attached hydrogen (secondary N) is 1. The van der Waals surface area contributed by atoms with Crippen LogP contribution in [0.1, 0.15) is 11.1 Å². The molecule has 2 heterocycles. The molecule has 2 aromatic rings. The van der Waals surface area contributed by atoms with Crippen molar-refractivity contribution in [3.05, 3.63) is 22.7 Å². The number of amides is 1. The topological polar surface area (TPSA) is 141 Å². The van der Waals surface area contributed by atoms with Gasteiger partial charge in [0.05, 0.1) is 16.9 Å². The molecule has 0 unspecified atom stereocenters. The number of nitrogens with two attached hydrogens (primary N) is 1. The Morgan fingerprint density at radius 2 is 2.19 bits per heavy atom. The summed E-state index contributed by atoms with van der Waals surface area (Å²) in [5, 5.41) is 28.4. The summed E-state index contributed by atoms with van der Waals surface area (Å²) in [6, 6.07) is 5.13. The van der Waals surface area contributed by atoms with Crippen molar-refractivity contribution in [3.8, 4) is 12.1 Å². The Morgan fingerprint density at radius 3 is 2.81 bits per heavy atom. The van der Waals surface area contributed by atoms with E-state index < -0.39 is 0 Å². The van der Waals surface area contributed by atoms with Gasteiger partial charge in [-0.3, -0.25) is 10.1 Å². The fourth-order valence-electron chi connectivity index (χ4n) is 1.31. The maximum absolute atomic E-state index is 11.7. The third-order valence-electron chi connectivity index (χ3n) is 2.20. The molecule has 0 aromatic carbocycles. The van der Waals surface area contributed by atoms with Crippen LogP contribution in [-0.4, -0.2) is 26.8 Å². The number of nitrogen functional groups attached to an aromatic ring is 1. The number of nitriles is 2. The van der Waals surface area contributed by atoms with E-state index in [2.05, 4.69) is 20.5 Å². The van der Waals surface area contributed by atoms with E-state index in [1.54, 1.807) is 0 Å². The van der Waals surface area contributed by atoms with Crippen molar-refractivity contribution in [1.29, 1.82) is 10.5 Å². The predicted molar refractivity (Wildman–Crippen MR) is 77.3 cm³/mol. The molecule has 0 spiro atoms. The van der Waals surface area contributed by atoms with E-state index in [4.69, 9.17) is 16.3 Å². The fourth-order valence-corrected chi connectivity index (χ4v) is 2.53. The van der Waals surface area contributed by atoms with Crippen LogP contribution >= 0.6 is 23.1 Å². The highest BCUT2D eigenvalue weighted by molar-refractivity contribution is 8.00. The van der Waals surface area contributed by atoms with Crippen LogP contribution in [0, 0.1) is 22.7 Å². The smallest absolute Gasteiger partial charge is 0.236 e. The van der Waals surface area contributed by atoms with Crippen molar-refractivity contribution < 1.29 is 4.79 Å². The van der Waals surface area contributed by atoms with Gasteiger partial charge in [0.25, 0.3) is 0 Å². The maximum atomic E-state index is 11.7. The third-order valence-corrected chi connectivity index (χ3v) is 3.80. The molecule has 0 saturated carbocycles. The van der Waals surface area contributed by atoms with Gasteiger partial charge in [0.1, 0.15) is 28.5 Å². The van der Waals surface area contributed by atoms with E-state index in [0.29, 0.717) is 10.2 Å². The van der Waals surface area contributed by atoms with Crippen LogP contribution in [0.15, 0.2) is 16.6 Å². The summed E-state index contributed by atoms with van der Waals surface area (Å²) >= 11 is 2.26. The number of nitrogens with zero attached hydrogens (tertiary/aromatic N) is 5. The first-order valence-corrected chi connectivity index (χ1v) is 7.30. The molecular formula is C11H7N7OS2. The standard InChI is InChI=1S/C11H7N7OS2/c12-2-6-1-7(3-13)10(17-9(6)14)20-4-8(19)16-11-18-15-5-21-11/h1,5H,4H2,(H2,14,17)(H,16,18,19). The molecule has 0 aliphatic rings. The monoisotopic (exact) mass is 317 g/mol. The minimum Gasteiger partial charge on any atom is -0.383 e. The maximum Gasteiger partial charge on any atom is 0.236 e. The van der Waals surface area contributed by atoms with Crippen LogP contribution in [-0.2, 0) is 4.79 Å². The molecule has 21 heavy (non-hydrogen) atoms. The summed E-state index contributed by atoms with van der Waals surface area (Å²) in [6.07, 6.45) is 0. The summed E-state index contributed by atoms with van der Waals surface area (Å²) in [6.45, 7) is 0. The molecule has 10 heteroatoms. The van der Waals surface area contributed by atoms with E-state index in [9.17, 15) is 4.79 Å². The molecule has 0 atom stereocenters. The summed E-state index contributed by atoms with van der Waals surface area (Å²) in [4.78, 5) is 15.7. The Balaban J connectivity index is 2.06. The van der Waals surface area contributed by atoms with Crippen molar-refractivity contribution >= 4 is 40.0 Å². The predicted octanol–water partition coefficient (Wildman–Crippen LogP) is 0.989. The zero-order valence-electron chi connectivity index (χ0n) is 10.4. The second-order valence-corrected chi connectivity index (χ2v) is 5.38. The first-order valence-electron chi connectivity index (χ1n) is 5.43. The molecule has 1 amide bonds. The van der Waals surface area contributed by atoms with Crippen molar-refractivity contribution in [1.82, 2.24) is 15.2 Å². The molecule has 0 saturated heterocycles. The van der Waals surface area contributed by atoms with E-state index in [0.717, 1.165) is 11.8 Å². The molecule has 0 radical (unpaired) electrons. The number of thioether (sulfide) groups is 1. The summed E-state index contributed by atoms with van der Waals surface area (Å²) in [5.41, 5.74) is 7.43. The fraction of sp³-hybridized carbons (Fsp3) is 0.0909. The highest BCUT2D eigenvalue weighted by Gasteiger charge is 2.13. The molecule has 2 rings (SSSR count). The molecule has 8 nitrogen and oxygen atoms in total. The van der Waals surface area contributed by atoms with Gasteiger partial charge >= 0.3 is 0 Å². The molecule has 104 valence electrons. The van der Waals surface area contributed by atoms with Crippen molar-refractivity contribution in [2.75, 3.05) is 16.8 Å². The first kappa shape index (κ1) is 14.7. The van der Waals surface area contributed by atoms with Gasteiger partial charge in [0, 0.05) is 0 Å². The van der Waals surface area contributed by atoms with Crippen molar-refractivity contribution in [2.24, 2.45) is 0 Å². The zero-order valence-corrected chi connectivity index (χ0v) is 12.0. The summed E-state index contributed by atoms with van der Waals surface area (Å²) in [7, 11) is 0. The van der Waals surface area contributed by atoms with Gasteiger partial charge in [0.2, 0.25) is 11.0 Å². The Morgan fingerprint density at radius 1 is 1.43 bits per heavy atom. The van der Waals surface area contributed by atoms with Crippen LogP contribution < -0.4 is 11.1 Å². The summed E-state index contributed by atoms with van der Waals surface area (Å²) in [5.74, 6) is -0.235.